The third kappa shape index (κ3) is 5.45. The molecular weight excluding hydrogens is 685 g/mol. The molecule has 0 radical (unpaired) electrons. The maximum absolute atomic E-state index is 6.56. The molecule has 0 atom stereocenters. The van der Waals surface area contributed by atoms with Crippen molar-refractivity contribution in [3.8, 4) is 62.1 Å². The number of rotatable bonds is 6. The molecule has 262 valence electrons. The van der Waals surface area contributed by atoms with Crippen LogP contribution in [0.2, 0.25) is 0 Å². The number of para-hydroxylation sites is 2. The largest absolute Gasteiger partial charge is 0.456 e. The van der Waals surface area contributed by atoms with Gasteiger partial charge in [0.1, 0.15) is 11.2 Å². The number of furan rings is 1. The molecule has 11 rings (SSSR count). The highest BCUT2D eigenvalue weighted by Gasteiger charge is 2.18. The van der Waals surface area contributed by atoms with Gasteiger partial charge in [0.25, 0.3) is 0 Å². The molecular formula is C51H32N4O. The molecule has 0 amide bonds. The van der Waals surface area contributed by atoms with Crippen LogP contribution < -0.4 is 0 Å². The molecule has 0 saturated heterocycles. The third-order valence-corrected chi connectivity index (χ3v) is 10.6. The van der Waals surface area contributed by atoms with E-state index in [1.54, 1.807) is 0 Å². The standard InChI is InChI=1S/C51H32N4O/c1-4-13-33(14-5-1)35-23-25-36(26-24-35)49-52-50(38-18-12-17-37(29-38)34-15-6-2-7-16-34)54-51(53-49)39-27-28-47-43(30-39)44-31-42-41-21-10-11-22-45(41)55(40-19-8-3-9-20-40)46(42)32-48(44)56-47/h1-32H. The zero-order valence-electron chi connectivity index (χ0n) is 30.2. The number of hydrogen-bond donors (Lipinski definition) is 0. The van der Waals surface area contributed by atoms with Gasteiger partial charge in [0, 0.05) is 50.0 Å². The molecule has 0 saturated carbocycles. The zero-order valence-corrected chi connectivity index (χ0v) is 30.2. The summed E-state index contributed by atoms with van der Waals surface area (Å²) in [6, 6.07) is 67.4. The first-order valence-corrected chi connectivity index (χ1v) is 18.8. The Morgan fingerprint density at radius 3 is 1.55 bits per heavy atom. The average molecular weight is 717 g/mol. The van der Waals surface area contributed by atoms with Gasteiger partial charge in [-0.15, -0.1) is 0 Å². The first-order valence-electron chi connectivity index (χ1n) is 18.8. The highest BCUT2D eigenvalue weighted by molar-refractivity contribution is 6.17. The first-order chi connectivity index (χ1) is 27.7. The minimum atomic E-state index is 0.597. The molecule has 0 unspecified atom stereocenters. The molecule has 0 N–H and O–H groups in total. The molecule has 0 spiro atoms. The molecule has 3 heterocycles. The Balaban J connectivity index is 1.08. The molecule has 0 fully saturated rings. The Kier molecular flexibility index (Phi) is 7.42. The Morgan fingerprint density at radius 1 is 0.304 bits per heavy atom. The van der Waals surface area contributed by atoms with Crippen molar-refractivity contribution in [1.82, 2.24) is 19.5 Å². The predicted octanol–water partition coefficient (Wildman–Crippen LogP) is 13.2. The van der Waals surface area contributed by atoms with Gasteiger partial charge < -0.3 is 8.98 Å². The number of aromatic nitrogens is 4. The zero-order chi connectivity index (χ0) is 37.0. The van der Waals surface area contributed by atoms with Crippen molar-refractivity contribution in [3.05, 3.63) is 194 Å². The van der Waals surface area contributed by atoms with E-state index in [0.717, 1.165) is 77.6 Å². The smallest absolute Gasteiger partial charge is 0.164 e. The number of hydrogen-bond acceptors (Lipinski definition) is 4. The van der Waals surface area contributed by atoms with Crippen molar-refractivity contribution in [3.63, 3.8) is 0 Å². The molecule has 5 heteroatoms. The molecule has 56 heavy (non-hydrogen) atoms. The van der Waals surface area contributed by atoms with E-state index in [4.69, 9.17) is 19.4 Å². The summed E-state index contributed by atoms with van der Waals surface area (Å²) in [7, 11) is 0. The molecule has 0 aliphatic heterocycles. The van der Waals surface area contributed by atoms with Crippen LogP contribution in [0.1, 0.15) is 0 Å². The summed E-state index contributed by atoms with van der Waals surface area (Å²) in [5.74, 6) is 1.82. The van der Waals surface area contributed by atoms with Crippen LogP contribution in [-0.2, 0) is 0 Å². The highest BCUT2D eigenvalue weighted by atomic mass is 16.3. The fourth-order valence-corrected chi connectivity index (χ4v) is 7.91. The van der Waals surface area contributed by atoms with E-state index in [1.807, 2.05) is 30.3 Å². The minimum absolute atomic E-state index is 0.597. The van der Waals surface area contributed by atoms with Crippen LogP contribution in [0.15, 0.2) is 199 Å². The Hall–Kier alpha value is -7.63. The van der Waals surface area contributed by atoms with Gasteiger partial charge in [0.2, 0.25) is 0 Å². The lowest BCUT2D eigenvalue weighted by atomic mass is 10.0. The van der Waals surface area contributed by atoms with Gasteiger partial charge in [-0.3, -0.25) is 0 Å². The summed E-state index contributed by atoms with van der Waals surface area (Å²) in [6.07, 6.45) is 0. The second-order valence-corrected chi connectivity index (χ2v) is 14.1. The van der Waals surface area contributed by atoms with Crippen molar-refractivity contribution in [2.45, 2.75) is 0 Å². The maximum atomic E-state index is 6.56. The average Bonchev–Trinajstić information content (AvgIpc) is 3.80. The lowest BCUT2D eigenvalue weighted by Crippen LogP contribution is -2.00. The summed E-state index contributed by atoms with van der Waals surface area (Å²) < 4.78 is 8.88. The van der Waals surface area contributed by atoms with Crippen molar-refractivity contribution in [2.24, 2.45) is 0 Å². The van der Waals surface area contributed by atoms with Crippen LogP contribution >= 0.6 is 0 Å². The Labute approximate surface area is 322 Å². The predicted molar refractivity (Wildman–Crippen MR) is 229 cm³/mol. The van der Waals surface area contributed by atoms with Crippen LogP contribution in [0.5, 0.6) is 0 Å². The van der Waals surface area contributed by atoms with Crippen LogP contribution in [0.4, 0.5) is 0 Å². The van der Waals surface area contributed by atoms with Gasteiger partial charge in [0.15, 0.2) is 17.5 Å². The third-order valence-electron chi connectivity index (χ3n) is 10.6. The fraction of sp³-hybridized carbons (Fsp3) is 0. The quantitative estimate of drug-likeness (QED) is 0.172. The molecule has 5 nitrogen and oxygen atoms in total. The molecule has 8 aromatic carbocycles. The van der Waals surface area contributed by atoms with Crippen molar-refractivity contribution >= 4 is 43.7 Å². The van der Waals surface area contributed by atoms with Crippen molar-refractivity contribution < 1.29 is 4.42 Å². The van der Waals surface area contributed by atoms with Gasteiger partial charge in [-0.1, -0.05) is 140 Å². The van der Waals surface area contributed by atoms with Crippen LogP contribution in [0.25, 0.3) is 106 Å². The first kappa shape index (κ1) is 31.9. The number of benzene rings is 8. The summed E-state index contributed by atoms with van der Waals surface area (Å²) in [4.78, 5) is 15.4. The lowest BCUT2D eigenvalue weighted by Gasteiger charge is -2.10. The van der Waals surface area contributed by atoms with Gasteiger partial charge in [-0.25, -0.2) is 15.0 Å². The summed E-state index contributed by atoms with van der Waals surface area (Å²) >= 11 is 0. The number of nitrogens with zero attached hydrogens (tertiary/aromatic N) is 4. The van der Waals surface area contributed by atoms with Crippen molar-refractivity contribution in [2.75, 3.05) is 0 Å². The Bertz CT molecular complexity index is 3220. The minimum Gasteiger partial charge on any atom is -0.456 e. The topological polar surface area (TPSA) is 56.7 Å². The molecule has 0 aliphatic carbocycles. The van der Waals surface area contributed by atoms with E-state index in [1.165, 1.54) is 10.8 Å². The van der Waals surface area contributed by atoms with Crippen LogP contribution in [0.3, 0.4) is 0 Å². The van der Waals surface area contributed by atoms with Crippen molar-refractivity contribution in [1.29, 1.82) is 0 Å². The monoisotopic (exact) mass is 716 g/mol. The van der Waals surface area contributed by atoms with Crippen LogP contribution in [0, 0.1) is 0 Å². The summed E-state index contributed by atoms with van der Waals surface area (Å²) in [5.41, 5.74) is 12.3. The van der Waals surface area contributed by atoms with E-state index >= 15 is 0 Å². The normalized spacial score (nSPS) is 11.6. The second kappa shape index (κ2) is 13.0. The fourth-order valence-electron chi connectivity index (χ4n) is 7.91. The highest BCUT2D eigenvalue weighted by Crippen LogP contribution is 2.39. The number of fused-ring (bicyclic) bond motifs is 6. The van der Waals surface area contributed by atoms with E-state index in [9.17, 15) is 0 Å². The van der Waals surface area contributed by atoms with Crippen LogP contribution in [-0.4, -0.2) is 19.5 Å². The molecule has 0 aliphatic rings. The van der Waals surface area contributed by atoms with Gasteiger partial charge in [0.05, 0.1) is 11.0 Å². The van der Waals surface area contributed by atoms with E-state index in [0.29, 0.717) is 17.5 Å². The van der Waals surface area contributed by atoms with Gasteiger partial charge >= 0.3 is 0 Å². The SMILES string of the molecule is c1ccc(-c2ccc(-c3nc(-c4cccc(-c5ccccc5)c4)nc(-c4ccc5oc6cc7c(cc6c5c4)c4ccccc4n7-c4ccccc4)n3)cc2)cc1. The maximum Gasteiger partial charge on any atom is 0.164 e. The summed E-state index contributed by atoms with van der Waals surface area (Å²) in [6.45, 7) is 0. The second-order valence-electron chi connectivity index (χ2n) is 14.1. The van der Waals surface area contributed by atoms with E-state index in [-0.39, 0.29) is 0 Å². The summed E-state index contributed by atoms with van der Waals surface area (Å²) in [5, 5.41) is 4.43. The molecule has 3 aromatic heterocycles. The Morgan fingerprint density at radius 2 is 0.821 bits per heavy atom. The van der Waals surface area contributed by atoms with E-state index < -0.39 is 0 Å². The van der Waals surface area contributed by atoms with Gasteiger partial charge in [-0.2, -0.15) is 0 Å². The van der Waals surface area contributed by atoms with Gasteiger partial charge in [-0.05, 0) is 70.8 Å². The lowest BCUT2D eigenvalue weighted by molar-refractivity contribution is 0.669. The molecule has 11 aromatic rings. The molecule has 0 bridgehead atoms. The van der Waals surface area contributed by atoms with E-state index in [2.05, 4.69) is 168 Å².